The molecule has 1 fully saturated rings. The van der Waals surface area contributed by atoms with E-state index in [9.17, 15) is 18.0 Å². The van der Waals surface area contributed by atoms with Crippen molar-refractivity contribution in [1.29, 1.82) is 0 Å². The Morgan fingerprint density at radius 2 is 1.90 bits per heavy atom. The lowest BCUT2D eigenvalue weighted by Gasteiger charge is -2.23. The lowest BCUT2D eigenvalue weighted by Crippen LogP contribution is -2.36. The van der Waals surface area contributed by atoms with Gasteiger partial charge in [0.2, 0.25) is 5.91 Å². The molecule has 1 aliphatic rings. The van der Waals surface area contributed by atoms with E-state index in [1.165, 1.54) is 0 Å². The number of carbonyl (C=O) groups excluding carboxylic acids is 1. The van der Waals surface area contributed by atoms with Crippen molar-refractivity contribution in [3.63, 3.8) is 0 Å². The van der Waals surface area contributed by atoms with Gasteiger partial charge in [-0.15, -0.1) is 0 Å². The Balaban J connectivity index is 1.58. The van der Waals surface area contributed by atoms with Crippen LogP contribution in [0.3, 0.4) is 0 Å². The number of alkyl halides is 3. The zero-order valence-corrected chi connectivity index (χ0v) is 17.6. The highest BCUT2D eigenvalue weighted by Crippen LogP contribution is 2.33. The van der Waals surface area contributed by atoms with Crippen molar-refractivity contribution >= 4 is 29.0 Å². The highest BCUT2D eigenvalue weighted by atomic mass is 35.5. The molecule has 0 bridgehead atoms. The summed E-state index contributed by atoms with van der Waals surface area (Å²) in [6.45, 7) is 6.67. The molecule has 0 saturated carbocycles. The second-order valence-corrected chi connectivity index (χ2v) is 7.90. The van der Waals surface area contributed by atoms with Crippen molar-refractivity contribution in [3.05, 3.63) is 52.2 Å². The number of carbonyl (C=O) groups is 1. The van der Waals surface area contributed by atoms with Crippen LogP contribution in [-0.4, -0.2) is 48.5 Å². The highest BCUT2D eigenvalue weighted by Gasteiger charge is 2.32. The van der Waals surface area contributed by atoms with E-state index in [1.807, 2.05) is 41.8 Å². The van der Waals surface area contributed by atoms with Crippen molar-refractivity contribution in [2.75, 3.05) is 42.9 Å². The number of aryl methyl sites for hydroxylation is 2. The van der Waals surface area contributed by atoms with Crippen LogP contribution < -0.4 is 10.2 Å². The van der Waals surface area contributed by atoms with Gasteiger partial charge in [-0.25, -0.2) is 4.98 Å². The van der Waals surface area contributed by atoms with Crippen LogP contribution in [0.1, 0.15) is 23.1 Å². The van der Waals surface area contributed by atoms with Gasteiger partial charge < -0.3 is 10.2 Å². The van der Waals surface area contributed by atoms with Crippen molar-refractivity contribution in [2.45, 2.75) is 26.4 Å². The molecule has 0 aliphatic carbocycles. The molecule has 30 heavy (non-hydrogen) atoms. The van der Waals surface area contributed by atoms with E-state index in [0.717, 1.165) is 35.5 Å². The highest BCUT2D eigenvalue weighted by molar-refractivity contribution is 6.33. The number of pyridine rings is 1. The van der Waals surface area contributed by atoms with Gasteiger partial charge in [0.15, 0.2) is 0 Å². The fraction of sp³-hybridized carbons (Fsp3) is 0.429. The first kappa shape index (κ1) is 22.4. The Labute approximate surface area is 178 Å². The lowest BCUT2D eigenvalue weighted by molar-refractivity contribution is -0.137. The largest absolute Gasteiger partial charge is 0.417 e. The first-order valence-corrected chi connectivity index (χ1v) is 10.1. The van der Waals surface area contributed by atoms with Gasteiger partial charge in [-0.1, -0.05) is 17.7 Å². The number of rotatable bonds is 4. The summed E-state index contributed by atoms with van der Waals surface area (Å²) in [6, 6.07) is 6.69. The minimum Gasteiger partial charge on any atom is -0.354 e. The molecule has 1 aliphatic heterocycles. The van der Waals surface area contributed by atoms with E-state index < -0.39 is 11.7 Å². The Morgan fingerprint density at radius 3 is 2.57 bits per heavy atom. The summed E-state index contributed by atoms with van der Waals surface area (Å²) in [5.74, 6) is 0.239. The summed E-state index contributed by atoms with van der Waals surface area (Å²) in [6.07, 6.45) is -2.93. The average molecular weight is 441 g/mol. The topological polar surface area (TPSA) is 48.5 Å². The van der Waals surface area contributed by atoms with Crippen LogP contribution in [0.4, 0.5) is 24.7 Å². The van der Waals surface area contributed by atoms with Crippen molar-refractivity contribution < 1.29 is 18.0 Å². The van der Waals surface area contributed by atoms with Crippen LogP contribution in [-0.2, 0) is 11.0 Å². The summed E-state index contributed by atoms with van der Waals surface area (Å²) in [7, 11) is 0. The number of hydrogen-bond acceptors (Lipinski definition) is 4. The van der Waals surface area contributed by atoms with E-state index in [2.05, 4.69) is 10.3 Å². The van der Waals surface area contributed by atoms with E-state index in [-0.39, 0.29) is 17.5 Å². The van der Waals surface area contributed by atoms with Gasteiger partial charge in [0, 0.05) is 38.1 Å². The maximum Gasteiger partial charge on any atom is 0.417 e. The molecule has 1 aromatic carbocycles. The predicted molar refractivity (Wildman–Crippen MR) is 112 cm³/mol. The molecule has 9 heteroatoms. The molecule has 0 spiro atoms. The number of nitrogens with zero attached hydrogens (tertiary/aromatic N) is 3. The molecule has 1 aromatic heterocycles. The van der Waals surface area contributed by atoms with Gasteiger partial charge in [0.25, 0.3) is 0 Å². The second kappa shape index (κ2) is 9.22. The number of aromatic nitrogens is 1. The molecule has 2 heterocycles. The zero-order valence-electron chi connectivity index (χ0n) is 16.9. The third-order valence-corrected chi connectivity index (χ3v) is 5.47. The monoisotopic (exact) mass is 440 g/mol. The molecule has 2 aromatic rings. The molecule has 1 N–H and O–H groups in total. The van der Waals surface area contributed by atoms with Gasteiger partial charge in [-0.05, 0) is 49.6 Å². The summed E-state index contributed by atoms with van der Waals surface area (Å²) >= 11 is 6.08. The van der Waals surface area contributed by atoms with E-state index >= 15 is 0 Å². The van der Waals surface area contributed by atoms with Gasteiger partial charge in [-0.3, -0.25) is 9.69 Å². The standard InChI is InChI=1S/C21H24ClF3N4O/c1-14-4-5-17(10-15(14)2)27-19(30)13-28-6-3-7-29(9-8-28)20-18(22)11-16(12-26-20)21(23,24)25/h4-5,10-12H,3,6-9,13H2,1-2H3,(H,27,30). The molecule has 1 saturated heterocycles. The summed E-state index contributed by atoms with van der Waals surface area (Å²) < 4.78 is 38.5. The molecule has 5 nitrogen and oxygen atoms in total. The summed E-state index contributed by atoms with van der Waals surface area (Å²) in [4.78, 5) is 20.3. The second-order valence-electron chi connectivity index (χ2n) is 7.49. The lowest BCUT2D eigenvalue weighted by atomic mass is 10.1. The Hall–Kier alpha value is -2.32. The average Bonchev–Trinajstić information content (AvgIpc) is 2.89. The molecular weight excluding hydrogens is 417 g/mol. The number of hydrogen-bond donors (Lipinski definition) is 1. The first-order valence-electron chi connectivity index (χ1n) is 9.70. The molecule has 162 valence electrons. The SMILES string of the molecule is Cc1ccc(NC(=O)CN2CCCN(c3ncc(C(F)(F)F)cc3Cl)CC2)cc1C. The van der Waals surface area contributed by atoms with Crippen LogP contribution in [0.2, 0.25) is 5.02 Å². The minimum absolute atomic E-state index is 0.0224. The molecule has 1 amide bonds. The number of benzene rings is 1. The predicted octanol–water partition coefficient (Wildman–Crippen LogP) is 4.52. The van der Waals surface area contributed by atoms with Crippen molar-refractivity contribution in [3.8, 4) is 0 Å². The van der Waals surface area contributed by atoms with Crippen LogP contribution in [0, 0.1) is 13.8 Å². The fourth-order valence-corrected chi connectivity index (χ4v) is 3.67. The van der Waals surface area contributed by atoms with Gasteiger partial charge in [0.05, 0.1) is 17.1 Å². The van der Waals surface area contributed by atoms with E-state index in [0.29, 0.717) is 32.0 Å². The number of halogens is 4. The third kappa shape index (κ3) is 5.64. The van der Waals surface area contributed by atoms with Crippen LogP contribution >= 0.6 is 11.6 Å². The smallest absolute Gasteiger partial charge is 0.354 e. The van der Waals surface area contributed by atoms with Gasteiger partial charge in [0.1, 0.15) is 5.82 Å². The van der Waals surface area contributed by atoms with Crippen LogP contribution in [0.5, 0.6) is 0 Å². The van der Waals surface area contributed by atoms with E-state index in [1.54, 1.807) is 0 Å². The number of anilines is 2. The van der Waals surface area contributed by atoms with Gasteiger partial charge >= 0.3 is 6.18 Å². The summed E-state index contributed by atoms with van der Waals surface area (Å²) in [5.41, 5.74) is 2.17. The molecule has 0 atom stereocenters. The maximum absolute atomic E-state index is 12.8. The molecule has 0 radical (unpaired) electrons. The zero-order chi connectivity index (χ0) is 21.9. The fourth-order valence-electron chi connectivity index (χ4n) is 3.38. The Morgan fingerprint density at radius 1 is 1.13 bits per heavy atom. The Bertz CT molecular complexity index is 920. The van der Waals surface area contributed by atoms with Gasteiger partial charge in [-0.2, -0.15) is 13.2 Å². The van der Waals surface area contributed by atoms with Crippen LogP contribution in [0.25, 0.3) is 0 Å². The normalized spacial score (nSPS) is 15.7. The number of nitrogens with one attached hydrogen (secondary N) is 1. The molecular formula is C21H24ClF3N4O. The Kier molecular flexibility index (Phi) is 6.88. The molecule has 3 rings (SSSR count). The maximum atomic E-state index is 12.8. The first-order chi connectivity index (χ1) is 14.1. The van der Waals surface area contributed by atoms with Crippen LogP contribution in [0.15, 0.2) is 30.5 Å². The number of amides is 1. The third-order valence-electron chi connectivity index (χ3n) is 5.20. The van der Waals surface area contributed by atoms with Crippen molar-refractivity contribution in [1.82, 2.24) is 9.88 Å². The quantitative estimate of drug-likeness (QED) is 0.759. The summed E-state index contributed by atoms with van der Waals surface area (Å²) in [5, 5.41) is 2.89. The molecule has 0 unspecified atom stereocenters. The van der Waals surface area contributed by atoms with E-state index in [4.69, 9.17) is 11.6 Å². The minimum atomic E-state index is -4.48. The van der Waals surface area contributed by atoms with Crippen molar-refractivity contribution in [2.24, 2.45) is 0 Å².